The van der Waals surface area contributed by atoms with E-state index in [0.717, 1.165) is 0 Å². The molecule has 0 fully saturated rings. The first-order valence-corrected chi connectivity index (χ1v) is 4.86. The van der Waals surface area contributed by atoms with Crippen LogP contribution in [0.1, 0.15) is 20.3 Å². The molecule has 0 spiro atoms. The lowest BCUT2D eigenvalue weighted by molar-refractivity contribution is 0.456. The molecule has 66 valence electrons. The zero-order chi connectivity index (χ0) is 8.91. The number of allylic oxidation sites excluding steroid dienone is 1. The van der Waals surface area contributed by atoms with Gasteiger partial charge in [0.05, 0.1) is 0 Å². The normalized spacial score (nSPS) is 15.2. The van der Waals surface area contributed by atoms with E-state index in [1.165, 1.54) is 6.20 Å². The Hall–Kier alpha value is -0.550. The maximum atomic E-state index is 10.5. The van der Waals surface area contributed by atoms with Crippen molar-refractivity contribution in [2.45, 2.75) is 25.6 Å². The summed E-state index contributed by atoms with van der Waals surface area (Å²) in [5.41, 5.74) is 0. The van der Waals surface area contributed by atoms with E-state index in [2.05, 4.69) is 5.32 Å². The van der Waals surface area contributed by atoms with Crippen LogP contribution in [0, 0.1) is 0 Å². The van der Waals surface area contributed by atoms with Crippen molar-refractivity contribution in [2.24, 2.45) is 0 Å². The zero-order valence-electron chi connectivity index (χ0n) is 6.61. The van der Waals surface area contributed by atoms with Crippen molar-refractivity contribution in [3.8, 4) is 0 Å². The quantitative estimate of drug-likeness (QED) is 0.624. The predicted molar refractivity (Wildman–Crippen MR) is 43.6 cm³/mol. The summed E-state index contributed by atoms with van der Waals surface area (Å²) in [5, 5.41) is 1.65. The fourth-order valence-corrected chi connectivity index (χ4v) is 1.29. The highest BCUT2D eigenvalue weighted by atomic mass is 32.2. The fraction of sp³-hybridized carbons (Fsp3) is 0.667. The molecule has 0 saturated heterocycles. The van der Waals surface area contributed by atoms with Gasteiger partial charge in [0, 0.05) is 0 Å². The number of hydrogen-bond acceptors (Lipinski definition) is 3. The van der Waals surface area contributed by atoms with Gasteiger partial charge >= 0.3 is 0 Å². The summed E-state index contributed by atoms with van der Waals surface area (Å²) in [4.78, 5) is 0. The van der Waals surface area contributed by atoms with Gasteiger partial charge in [0.15, 0.2) is 5.37 Å². The van der Waals surface area contributed by atoms with Crippen LogP contribution in [0.25, 0.3) is 0 Å². The Bertz CT molecular complexity index is 220. The molecule has 2 N–H and O–H groups in total. The first-order valence-electron chi connectivity index (χ1n) is 3.35. The average Bonchev–Trinajstić information content (AvgIpc) is 1.87. The molecule has 0 aliphatic rings. The van der Waals surface area contributed by atoms with Crippen LogP contribution in [0.3, 0.4) is 0 Å². The van der Waals surface area contributed by atoms with Crippen molar-refractivity contribution in [3.63, 3.8) is 0 Å². The number of rotatable bonds is 4. The second kappa shape index (κ2) is 4.35. The van der Waals surface area contributed by atoms with Crippen molar-refractivity contribution in [3.05, 3.63) is 12.3 Å². The lowest BCUT2D eigenvalue weighted by Gasteiger charge is -2.10. The molecule has 1 atom stereocenters. The van der Waals surface area contributed by atoms with Gasteiger partial charge in [-0.15, -0.1) is 0 Å². The van der Waals surface area contributed by atoms with Crippen LogP contribution < -0.4 is 5.32 Å². The largest absolute Gasteiger partial charge is 0.373 e. The molecule has 0 heterocycles. The zero-order valence-corrected chi connectivity index (χ0v) is 7.43. The third-order valence-corrected chi connectivity index (χ3v) is 2.37. The Morgan fingerprint density at radius 1 is 1.64 bits per heavy atom. The average molecular weight is 179 g/mol. The molecule has 0 aromatic carbocycles. The van der Waals surface area contributed by atoms with Crippen molar-refractivity contribution in [1.29, 1.82) is 0 Å². The fourth-order valence-electron chi connectivity index (χ4n) is 0.618. The van der Waals surface area contributed by atoms with E-state index in [0.29, 0.717) is 6.42 Å². The Kier molecular flexibility index (Phi) is 4.14. The maximum Gasteiger partial charge on any atom is 0.286 e. The predicted octanol–water partition coefficient (Wildman–Crippen LogP) is 0.734. The van der Waals surface area contributed by atoms with E-state index < -0.39 is 15.5 Å². The minimum Gasteiger partial charge on any atom is -0.373 e. The molecular weight excluding hydrogens is 166 g/mol. The lowest BCUT2D eigenvalue weighted by Crippen LogP contribution is -2.31. The Balaban J connectivity index is 4.19. The maximum absolute atomic E-state index is 10.5. The molecule has 1 unspecified atom stereocenters. The van der Waals surface area contributed by atoms with Gasteiger partial charge in [-0.3, -0.25) is 4.55 Å². The van der Waals surface area contributed by atoms with Crippen molar-refractivity contribution >= 4 is 10.1 Å². The van der Waals surface area contributed by atoms with Crippen LogP contribution in [-0.4, -0.2) is 18.3 Å². The monoisotopic (exact) mass is 179 g/mol. The van der Waals surface area contributed by atoms with Gasteiger partial charge in [0.2, 0.25) is 0 Å². The lowest BCUT2D eigenvalue weighted by atomic mass is 10.5. The molecule has 4 nitrogen and oxygen atoms in total. The number of hydrogen-bond donors (Lipinski definition) is 2. The third-order valence-electron chi connectivity index (χ3n) is 1.18. The molecule has 0 saturated carbocycles. The van der Waals surface area contributed by atoms with E-state index in [1.54, 1.807) is 19.9 Å². The van der Waals surface area contributed by atoms with Crippen LogP contribution >= 0.6 is 0 Å². The molecule has 11 heavy (non-hydrogen) atoms. The third kappa shape index (κ3) is 4.00. The van der Waals surface area contributed by atoms with Crippen LogP contribution in [0.5, 0.6) is 0 Å². The van der Waals surface area contributed by atoms with E-state index in [9.17, 15) is 8.42 Å². The molecule has 0 aliphatic carbocycles. The molecule has 0 radical (unpaired) electrons. The van der Waals surface area contributed by atoms with Crippen molar-refractivity contribution in [1.82, 2.24) is 5.32 Å². The van der Waals surface area contributed by atoms with E-state index in [-0.39, 0.29) is 0 Å². The molecule has 0 amide bonds. The first kappa shape index (κ1) is 10.4. The summed E-state index contributed by atoms with van der Waals surface area (Å²) >= 11 is 0. The van der Waals surface area contributed by atoms with Gasteiger partial charge in [0.1, 0.15) is 0 Å². The highest BCUT2D eigenvalue weighted by molar-refractivity contribution is 7.86. The number of nitrogens with one attached hydrogen (secondary N) is 1. The summed E-state index contributed by atoms with van der Waals surface area (Å²) in [7, 11) is -3.95. The Morgan fingerprint density at radius 2 is 2.18 bits per heavy atom. The van der Waals surface area contributed by atoms with Crippen molar-refractivity contribution in [2.75, 3.05) is 0 Å². The first-order chi connectivity index (χ1) is 5.02. The van der Waals surface area contributed by atoms with Gasteiger partial charge in [-0.05, 0) is 19.5 Å². The van der Waals surface area contributed by atoms with Crippen molar-refractivity contribution < 1.29 is 13.0 Å². The van der Waals surface area contributed by atoms with Gasteiger partial charge in [0.25, 0.3) is 10.1 Å². The summed E-state index contributed by atoms with van der Waals surface area (Å²) in [6.07, 6.45) is 3.49. The highest BCUT2D eigenvalue weighted by Crippen LogP contribution is 1.98. The molecular formula is C6H13NO3S. The summed E-state index contributed by atoms with van der Waals surface area (Å²) in [6.45, 7) is 3.43. The Labute approximate surface area is 67.1 Å². The van der Waals surface area contributed by atoms with Crippen LogP contribution in [-0.2, 0) is 10.1 Å². The van der Waals surface area contributed by atoms with E-state index in [4.69, 9.17) is 4.55 Å². The molecule has 0 rings (SSSR count). The van der Waals surface area contributed by atoms with Crippen LogP contribution in [0.4, 0.5) is 0 Å². The summed E-state index contributed by atoms with van der Waals surface area (Å²) in [5.74, 6) is 0. The summed E-state index contributed by atoms with van der Waals surface area (Å²) < 4.78 is 29.6. The Morgan fingerprint density at radius 3 is 2.45 bits per heavy atom. The molecule has 0 aromatic rings. The molecule has 0 bridgehead atoms. The second-order valence-corrected chi connectivity index (χ2v) is 3.68. The smallest absolute Gasteiger partial charge is 0.286 e. The molecule has 5 heteroatoms. The standard InChI is InChI=1S/C6H13NO3S/c1-3-5-7-6(4-2)11(8,9)10/h3,5-7H,4H2,1-2H3,(H,8,9,10). The summed E-state index contributed by atoms with van der Waals surface area (Å²) in [6, 6.07) is 0. The van der Waals surface area contributed by atoms with Crippen LogP contribution in [0.15, 0.2) is 12.3 Å². The SMILES string of the molecule is CC=CNC(CC)S(=O)(=O)O. The van der Waals surface area contributed by atoms with Gasteiger partial charge in [-0.2, -0.15) is 8.42 Å². The van der Waals surface area contributed by atoms with E-state index >= 15 is 0 Å². The minimum atomic E-state index is -3.95. The van der Waals surface area contributed by atoms with E-state index in [1.807, 2.05) is 0 Å². The van der Waals surface area contributed by atoms with Gasteiger partial charge in [-0.25, -0.2) is 0 Å². The van der Waals surface area contributed by atoms with Gasteiger partial charge in [-0.1, -0.05) is 13.0 Å². The van der Waals surface area contributed by atoms with Gasteiger partial charge < -0.3 is 5.32 Å². The second-order valence-electron chi connectivity index (χ2n) is 2.08. The molecule has 0 aliphatic heterocycles. The molecule has 0 aromatic heterocycles. The highest BCUT2D eigenvalue weighted by Gasteiger charge is 2.18. The minimum absolute atomic E-state index is 0.336. The van der Waals surface area contributed by atoms with Crippen LogP contribution in [0.2, 0.25) is 0 Å². The topological polar surface area (TPSA) is 66.4 Å².